The van der Waals surface area contributed by atoms with Crippen LogP contribution in [0.15, 0.2) is 0 Å². The van der Waals surface area contributed by atoms with Gasteiger partial charge < -0.3 is 9.53 Å². The van der Waals surface area contributed by atoms with Crippen molar-refractivity contribution in [3.63, 3.8) is 0 Å². The summed E-state index contributed by atoms with van der Waals surface area (Å²) in [6, 6.07) is 0. The highest BCUT2D eigenvalue weighted by molar-refractivity contribution is 5.72. The average Bonchev–Trinajstić information content (AvgIpc) is 2.93. The molecule has 1 saturated carbocycles. The van der Waals surface area contributed by atoms with Crippen molar-refractivity contribution in [2.24, 2.45) is 0 Å². The van der Waals surface area contributed by atoms with E-state index in [2.05, 4.69) is 4.74 Å². The SMILES string of the molecule is C.C1CC1.CC.CC(C)=O.COC(C)=O. The minimum atomic E-state index is -0.245. The summed E-state index contributed by atoms with van der Waals surface area (Å²) in [7, 11) is 1.35. The highest BCUT2D eigenvalue weighted by Gasteiger charge is 1.95. The van der Waals surface area contributed by atoms with E-state index < -0.39 is 0 Å². The van der Waals surface area contributed by atoms with Crippen LogP contribution in [-0.4, -0.2) is 18.9 Å². The number of hydrogen-bond acceptors (Lipinski definition) is 3. The molecule has 3 heteroatoms. The lowest BCUT2D eigenvalue weighted by atomic mass is 10.6. The molecule has 0 heterocycles. The molecule has 0 bridgehead atoms. The van der Waals surface area contributed by atoms with Gasteiger partial charge in [0.25, 0.3) is 0 Å². The fourth-order valence-corrected chi connectivity index (χ4v) is 0. The predicted molar refractivity (Wildman–Crippen MR) is 66.0 cm³/mol. The van der Waals surface area contributed by atoms with Gasteiger partial charge in [-0.05, 0) is 13.8 Å². The summed E-state index contributed by atoms with van der Waals surface area (Å²) in [5.41, 5.74) is 0. The van der Waals surface area contributed by atoms with Crippen molar-refractivity contribution in [1.29, 1.82) is 0 Å². The van der Waals surface area contributed by atoms with Crippen molar-refractivity contribution in [3.05, 3.63) is 0 Å². The summed E-state index contributed by atoms with van der Waals surface area (Å²) >= 11 is 0. The molecule has 1 fully saturated rings. The lowest BCUT2D eigenvalue weighted by Gasteiger charge is -1.80. The second kappa shape index (κ2) is 23.2. The van der Waals surface area contributed by atoms with Gasteiger partial charge in [0.15, 0.2) is 0 Å². The Kier molecular flexibility index (Phi) is 36.7. The predicted octanol–water partition coefficient (Wildman–Crippen LogP) is 3.61. The van der Waals surface area contributed by atoms with Crippen LogP contribution in [0.1, 0.15) is 61.3 Å². The molecule has 1 rings (SSSR count). The van der Waals surface area contributed by atoms with E-state index in [1.54, 1.807) is 0 Å². The maximum atomic E-state index is 9.59. The summed E-state index contributed by atoms with van der Waals surface area (Å²) in [6.45, 7) is 8.42. The highest BCUT2D eigenvalue weighted by atomic mass is 16.5. The minimum absolute atomic E-state index is 0. The molecule has 94 valence electrons. The molecule has 0 amide bonds. The largest absolute Gasteiger partial charge is 0.469 e. The normalized spacial score (nSPS) is 9.20. The zero-order chi connectivity index (χ0) is 12.0. The van der Waals surface area contributed by atoms with Crippen LogP contribution < -0.4 is 0 Å². The number of carbonyl (C=O) groups excluding carboxylic acids is 2. The van der Waals surface area contributed by atoms with E-state index in [1.807, 2.05) is 13.8 Å². The fraction of sp³-hybridized carbons (Fsp3) is 0.833. The van der Waals surface area contributed by atoms with Crippen LogP contribution in [0.3, 0.4) is 0 Å². The van der Waals surface area contributed by atoms with Gasteiger partial charge in [-0.1, -0.05) is 40.5 Å². The van der Waals surface area contributed by atoms with Crippen molar-refractivity contribution >= 4 is 11.8 Å². The third kappa shape index (κ3) is 356. The van der Waals surface area contributed by atoms with E-state index in [0.29, 0.717) is 0 Å². The number of methoxy groups -OCH3 is 1. The standard InChI is InChI=1S/C3H6O2.C3H6O.C3H6.C2H6.CH4/c1-3(4)5-2;1-3(2)4;1-2-3-1;1-2;/h1-2H3;1-2H3;1-3H2;1-2H3;1H4. The lowest BCUT2D eigenvalue weighted by Crippen LogP contribution is -1.88. The molecule has 1 aliphatic carbocycles. The first kappa shape index (κ1) is 23.7. The Hall–Kier alpha value is -0.860. The summed E-state index contributed by atoms with van der Waals surface area (Å²) in [4.78, 5) is 19.0. The zero-order valence-corrected chi connectivity index (χ0v) is 10.3. The summed E-state index contributed by atoms with van der Waals surface area (Å²) in [5, 5.41) is 0. The maximum Gasteiger partial charge on any atom is 0.302 e. The molecular weight excluding hydrogens is 192 g/mol. The second-order valence-electron chi connectivity index (χ2n) is 2.66. The van der Waals surface area contributed by atoms with E-state index in [9.17, 15) is 9.59 Å². The molecule has 0 aliphatic heterocycles. The number of rotatable bonds is 0. The molecule has 0 spiro atoms. The van der Waals surface area contributed by atoms with Gasteiger partial charge in [0.2, 0.25) is 0 Å². The number of ether oxygens (including phenoxy) is 1. The Balaban J connectivity index is -0.0000000550. The van der Waals surface area contributed by atoms with Crippen LogP contribution in [0.25, 0.3) is 0 Å². The molecule has 1 aliphatic rings. The summed E-state index contributed by atoms with van der Waals surface area (Å²) in [5.74, 6) is -0.0787. The first-order chi connectivity index (χ1) is 6.50. The number of Topliss-reactive ketones (excluding diaryl/α,β-unsaturated/α-hetero) is 1. The molecule has 3 nitrogen and oxygen atoms in total. The van der Waals surface area contributed by atoms with Gasteiger partial charge in [-0.15, -0.1) is 0 Å². The molecule has 0 atom stereocenters. The molecule has 0 aromatic heterocycles. The van der Waals surface area contributed by atoms with Gasteiger partial charge in [-0.2, -0.15) is 0 Å². The number of carbonyl (C=O) groups is 2. The van der Waals surface area contributed by atoms with Gasteiger partial charge in [0.1, 0.15) is 5.78 Å². The Morgan fingerprint density at radius 3 is 1.07 bits per heavy atom. The van der Waals surface area contributed by atoms with Crippen molar-refractivity contribution in [2.75, 3.05) is 7.11 Å². The number of esters is 1. The third-order valence-electron chi connectivity index (χ3n) is 0.641. The summed E-state index contributed by atoms with van der Waals surface area (Å²) < 4.78 is 4.11. The second-order valence-corrected chi connectivity index (χ2v) is 2.66. The first-order valence-electron chi connectivity index (χ1n) is 5.02. The molecule has 15 heavy (non-hydrogen) atoms. The highest BCUT2D eigenvalue weighted by Crippen LogP contribution is 2.14. The molecule has 0 aromatic rings. The molecule has 0 radical (unpaired) electrons. The van der Waals surface area contributed by atoms with Gasteiger partial charge in [-0.25, -0.2) is 0 Å². The monoisotopic (exact) mass is 220 g/mol. The average molecular weight is 220 g/mol. The van der Waals surface area contributed by atoms with Crippen LogP contribution in [-0.2, 0) is 14.3 Å². The van der Waals surface area contributed by atoms with Gasteiger partial charge in [-0.3, -0.25) is 4.79 Å². The lowest BCUT2D eigenvalue weighted by molar-refractivity contribution is -0.137. The molecule has 0 N–H and O–H groups in total. The molecule has 0 unspecified atom stereocenters. The molecule has 0 aromatic carbocycles. The Morgan fingerprint density at radius 2 is 1.07 bits per heavy atom. The van der Waals surface area contributed by atoms with Crippen LogP contribution >= 0.6 is 0 Å². The van der Waals surface area contributed by atoms with E-state index in [4.69, 9.17) is 0 Å². The Morgan fingerprint density at radius 1 is 0.933 bits per heavy atom. The van der Waals surface area contributed by atoms with Crippen molar-refractivity contribution in [3.8, 4) is 0 Å². The van der Waals surface area contributed by atoms with E-state index in [1.165, 1.54) is 47.1 Å². The van der Waals surface area contributed by atoms with Crippen molar-refractivity contribution < 1.29 is 14.3 Å². The van der Waals surface area contributed by atoms with Gasteiger partial charge >= 0.3 is 5.97 Å². The van der Waals surface area contributed by atoms with E-state index >= 15 is 0 Å². The maximum absolute atomic E-state index is 9.59. The number of hydrogen-bond donors (Lipinski definition) is 0. The van der Waals surface area contributed by atoms with Crippen LogP contribution in [0.5, 0.6) is 0 Å². The van der Waals surface area contributed by atoms with E-state index in [0.717, 1.165) is 0 Å². The van der Waals surface area contributed by atoms with E-state index in [-0.39, 0.29) is 19.2 Å². The third-order valence-corrected chi connectivity index (χ3v) is 0.641. The smallest absolute Gasteiger partial charge is 0.302 e. The van der Waals surface area contributed by atoms with Crippen molar-refractivity contribution in [1.82, 2.24) is 0 Å². The van der Waals surface area contributed by atoms with Gasteiger partial charge in [0, 0.05) is 6.92 Å². The quantitative estimate of drug-likeness (QED) is 0.586. The van der Waals surface area contributed by atoms with Crippen LogP contribution in [0.2, 0.25) is 0 Å². The molecule has 0 saturated heterocycles. The Labute approximate surface area is 95.2 Å². The fourth-order valence-electron chi connectivity index (χ4n) is 0. The van der Waals surface area contributed by atoms with Crippen molar-refractivity contribution in [2.45, 2.75) is 61.3 Å². The topological polar surface area (TPSA) is 43.4 Å². The van der Waals surface area contributed by atoms with Crippen LogP contribution in [0.4, 0.5) is 0 Å². The summed E-state index contributed by atoms with van der Waals surface area (Å²) in [6.07, 6.45) is 4.50. The Bertz CT molecular complexity index is 122. The minimum Gasteiger partial charge on any atom is -0.469 e. The first-order valence-corrected chi connectivity index (χ1v) is 5.02. The van der Waals surface area contributed by atoms with Gasteiger partial charge in [0.05, 0.1) is 7.11 Å². The zero-order valence-electron chi connectivity index (χ0n) is 10.3. The molecular formula is C12H28O3. The number of ketones is 1. The van der Waals surface area contributed by atoms with Crippen LogP contribution in [0, 0.1) is 0 Å².